The second kappa shape index (κ2) is 12.6. The van der Waals surface area contributed by atoms with Gasteiger partial charge in [0.2, 0.25) is 5.91 Å². The molecule has 8 heteroatoms. The highest BCUT2D eigenvalue weighted by molar-refractivity contribution is 14.0. The number of hydrogen-bond donors (Lipinski definition) is 3. The fourth-order valence-electron chi connectivity index (χ4n) is 3.27. The molecule has 1 aromatic carbocycles. The van der Waals surface area contributed by atoms with Gasteiger partial charge in [-0.15, -0.1) is 24.0 Å². The highest BCUT2D eigenvalue weighted by Crippen LogP contribution is 2.23. The highest BCUT2D eigenvalue weighted by atomic mass is 127. The summed E-state index contributed by atoms with van der Waals surface area (Å²) in [5, 5.41) is 19.1. The third-order valence-corrected chi connectivity index (χ3v) is 4.82. The van der Waals surface area contributed by atoms with Gasteiger partial charge in [-0.1, -0.05) is 32.9 Å². The Bertz CT molecular complexity index is 753. The van der Waals surface area contributed by atoms with E-state index in [0.29, 0.717) is 18.7 Å². The number of hydrogen-bond acceptors (Lipinski definition) is 4. The Labute approximate surface area is 197 Å². The fourth-order valence-corrected chi connectivity index (χ4v) is 3.27. The van der Waals surface area contributed by atoms with Gasteiger partial charge in [0.05, 0.1) is 17.8 Å². The molecule has 1 amide bonds. The molecular weight excluding hydrogens is 491 g/mol. The van der Waals surface area contributed by atoms with E-state index in [1.165, 1.54) is 0 Å². The van der Waals surface area contributed by atoms with Gasteiger partial charge in [0.1, 0.15) is 6.07 Å². The van der Waals surface area contributed by atoms with Crippen LogP contribution >= 0.6 is 24.0 Å². The van der Waals surface area contributed by atoms with Gasteiger partial charge in [-0.3, -0.25) is 9.79 Å². The van der Waals surface area contributed by atoms with Crippen molar-refractivity contribution in [2.45, 2.75) is 46.6 Å². The number of rotatable bonds is 6. The molecule has 7 nitrogen and oxygen atoms in total. The van der Waals surface area contributed by atoms with Crippen LogP contribution in [0.1, 0.15) is 46.1 Å². The summed E-state index contributed by atoms with van der Waals surface area (Å²) in [6.45, 7) is 11.3. The van der Waals surface area contributed by atoms with Gasteiger partial charge in [0.25, 0.3) is 0 Å². The number of piperidine rings is 1. The lowest BCUT2D eigenvalue weighted by molar-refractivity contribution is -0.128. The molecule has 166 valence electrons. The zero-order chi connectivity index (χ0) is 21.3. The Kier molecular flexibility index (Phi) is 10.9. The summed E-state index contributed by atoms with van der Waals surface area (Å²) < 4.78 is 0. The van der Waals surface area contributed by atoms with E-state index >= 15 is 0 Å². The van der Waals surface area contributed by atoms with E-state index in [-0.39, 0.29) is 35.9 Å². The quantitative estimate of drug-likeness (QED) is 0.230. The molecule has 30 heavy (non-hydrogen) atoms. The molecule has 0 aliphatic carbocycles. The minimum absolute atomic E-state index is 0. The summed E-state index contributed by atoms with van der Waals surface area (Å²) in [7, 11) is 0. The summed E-state index contributed by atoms with van der Waals surface area (Å²) in [4.78, 5) is 18.8. The number of anilines is 1. The highest BCUT2D eigenvalue weighted by Gasteiger charge is 2.23. The van der Waals surface area contributed by atoms with Crippen LogP contribution in [-0.2, 0) is 4.79 Å². The van der Waals surface area contributed by atoms with E-state index in [4.69, 9.17) is 0 Å². The number of halogens is 1. The van der Waals surface area contributed by atoms with Crippen molar-refractivity contribution < 1.29 is 4.79 Å². The molecule has 0 bridgehead atoms. The number of carbonyl (C=O) groups is 1. The van der Waals surface area contributed by atoms with Crippen LogP contribution in [-0.4, -0.2) is 50.6 Å². The van der Waals surface area contributed by atoms with Gasteiger partial charge in [-0.25, -0.2) is 0 Å². The molecule has 1 heterocycles. The Balaban J connectivity index is 0.00000450. The van der Waals surface area contributed by atoms with Crippen LogP contribution in [0.5, 0.6) is 0 Å². The SMILES string of the molecule is CCNC(=NCCNC(=O)C(C)(C)C)NC1CCCN(c2ccccc2C#N)C1.I. The number of carbonyl (C=O) groups excluding carboxylic acids is 1. The maximum absolute atomic E-state index is 12.0. The average molecular weight is 526 g/mol. The van der Waals surface area contributed by atoms with Gasteiger partial charge >= 0.3 is 0 Å². The van der Waals surface area contributed by atoms with E-state index in [1.54, 1.807) is 0 Å². The minimum atomic E-state index is -0.391. The Morgan fingerprint density at radius 2 is 2.03 bits per heavy atom. The smallest absolute Gasteiger partial charge is 0.225 e. The molecule has 1 fully saturated rings. The van der Waals surface area contributed by atoms with Gasteiger partial charge in [0.15, 0.2) is 5.96 Å². The van der Waals surface area contributed by atoms with Gasteiger partial charge in [-0.05, 0) is 31.9 Å². The number of nitrogens with one attached hydrogen (secondary N) is 3. The number of guanidine groups is 1. The summed E-state index contributed by atoms with van der Waals surface area (Å²) in [6, 6.07) is 10.3. The molecule has 0 aromatic heterocycles. The van der Waals surface area contributed by atoms with E-state index in [9.17, 15) is 10.1 Å². The van der Waals surface area contributed by atoms with E-state index in [0.717, 1.165) is 44.1 Å². The maximum atomic E-state index is 12.0. The fraction of sp³-hybridized carbons (Fsp3) is 0.591. The molecular formula is C22H35IN6O. The van der Waals surface area contributed by atoms with Gasteiger partial charge in [-0.2, -0.15) is 5.26 Å². The maximum Gasteiger partial charge on any atom is 0.225 e. The first-order valence-electron chi connectivity index (χ1n) is 10.4. The standard InChI is InChI=1S/C22H34N6O.HI/c1-5-24-21(26-13-12-25-20(29)22(2,3)4)27-18-10-8-14-28(16-18)19-11-7-6-9-17(19)15-23;/h6-7,9,11,18H,5,8,10,12-14,16H2,1-4H3,(H,25,29)(H2,24,26,27);1H. The molecule has 0 radical (unpaired) electrons. The third kappa shape index (κ3) is 8.01. The number of aliphatic imine (C=N–C) groups is 1. The van der Waals surface area contributed by atoms with Crippen molar-refractivity contribution in [3.05, 3.63) is 29.8 Å². The summed E-state index contributed by atoms with van der Waals surface area (Å²) in [6.07, 6.45) is 2.11. The zero-order valence-electron chi connectivity index (χ0n) is 18.5. The van der Waals surface area contributed by atoms with Crippen molar-refractivity contribution in [3.8, 4) is 6.07 Å². The average Bonchev–Trinajstić information content (AvgIpc) is 2.70. The molecule has 1 aliphatic rings. The molecule has 1 atom stereocenters. The van der Waals surface area contributed by atoms with Crippen molar-refractivity contribution >= 4 is 41.5 Å². The summed E-state index contributed by atoms with van der Waals surface area (Å²) in [5.74, 6) is 0.794. The predicted molar refractivity (Wildman–Crippen MR) is 133 cm³/mol. The molecule has 2 rings (SSSR count). The number of amides is 1. The van der Waals surface area contributed by atoms with Crippen molar-refractivity contribution in [3.63, 3.8) is 0 Å². The third-order valence-electron chi connectivity index (χ3n) is 4.82. The molecule has 1 saturated heterocycles. The van der Waals surface area contributed by atoms with Crippen molar-refractivity contribution in [2.24, 2.45) is 10.4 Å². The van der Waals surface area contributed by atoms with Crippen LogP contribution in [0.25, 0.3) is 0 Å². The first-order chi connectivity index (χ1) is 13.8. The lowest BCUT2D eigenvalue weighted by Crippen LogP contribution is -2.51. The predicted octanol–water partition coefficient (Wildman–Crippen LogP) is 2.86. The summed E-state index contributed by atoms with van der Waals surface area (Å²) >= 11 is 0. The van der Waals surface area contributed by atoms with Crippen LogP contribution in [0.4, 0.5) is 5.69 Å². The van der Waals surface area contributed by atoms with Crippen LogP contribution < -0.4 is 20.9 Å². The van der Waals surface area contributed by atoms with Gasteiger partial charge in [0, 0.05) is 37.6 Å². The van der Waals surface area contributed by atoms with E-state index in [2.05, 4.69) is 31.9 Å². The number of nitriles is 1. The van der Waals surface area contributed by atoms with Crippen LogP contribution in [0.2, 0.25) is 0 Å². The first-order valence-corrected chi connectivity index (χ1v) is 10.4. The first kappa shape index (κ1) is 26.0. The van der Waals surface area contributed by atoms with E-state index < -0.39 is 5.41 Å². The monoisotopic (exact) mass is 526 g/mol. The zero-order valence-corrected chi connectivity index (χ0v) is 20.8. The number of benzene rings is 1. The molecule has 0 spiro atoms. The van der Waals surface area contributed by atoms with E-state index in [1.807, 2.05) is 52.0 Å². The van der Waals surface area contributed by atoms with Crippen molar-refractivity contribution in [1.29, 1.82) is 5.26 Å². The van der Waals surface area contributed by atoms with Crippen LogP contribution in [0, 0.1) is 16.7 Å². The van der Waals surface area contributed by atoms with Crippen molar-refractivity contribution in [1.82, 2.24) is 16.0 Å². The summed E-state index contributed by atoms with van der Waals surface area (Å²) in [5.41, 5.74) is 1.31. The van der Waals surface area contributed by atoms with Gasteiger partial charge < -0.3 is 20.9 Å². The topological polar surface area (TPSA) is 92.5 Å². The second-order valence-electron chi connectivity index (χ2n) is 8.33. The normalized spacial score (nSPS) is 16.8. The van der Waals surface area contributed by atoms with Crippen LogP contribution in [0.3, 0.4) is 0 Å². The van der Waals surface area contributed by atoms with Crippen LogP contribution in [0.15, 0.2) is 29.3 Å². The molecule has 1 aliphatic heterocycles. The molecule has 1 aromatic rings. The molecule has 3 N–H and O–H groups in total. The Morgan fingerprint density at radius 1 is 1.30 bits per heavy atom. The van der Waals surface area contributed by atoms with Crippen molar-refractivity contribution in [2.75, 3.05) is 37.6 Å². The number of nitrogens with zero attached hydrogens (tertiary/aromatic N) is 3. The molecule has 0 saturated carbocycles. The Morgan fingerprint density at radius 3 is 2.70 bits per heavy atom. The number of para-hydroxylation sites is 1. The lowest BCUT2D eigenvalue weighted by atomic mass is 9.96. The lowest BCUT2D eigenvalue weighted by Gasteiger charge is -2.35. The molecule has 1 unspecified atom stereocenters. The second-order valence-corrected chi connectivity index (χ2v) is 8.33. The Hall–Kier alpha value is -2.02. The largest absolute Gasteiger partial charge is 0.368 e. The minimum Gasteiger partial charge on any atom is -0.368 e.